The number of rotatable bonds is 3. The minimum Gasteiger partial charge on any atom is -0.493 e. The average Bonchev–Trinajstić information content (AvgIpc) is 2.65. The molecule has 134 valence electrons. The fraction of sp³-hybridized carbons (Fsp3) is 0.286. The first-order chi connectivity index (χ1) is 12.6. The second-order valence-corrected chi connectivity index (χ2v) is 7.01. The fourth-order valence-electron chi connectivity index (χ4n) is 3.92. The number of hydrogen-bond donors (Lipinski definition) is 1. The third-order valence-electron chi connectivity index (χ3n) is 5.08. The maximum Gasteiger partial charge on any atom is 0.162 e. The topological polar surface area (TPSA) is 47.6 Å². The Morgan fingerprint density at radius 1 is 1.08 bits per heavy atom. The van der Waals surface area contributed by atoms with Crippen molar-refractivity contribution in [3.8, 4) is 11.5 Å². The Morgan fingerprint density at radius 3 is 2.58 bits per heavy atom. The van der Waals surface area contributed by atoms with E-state index in [4.69, 9.17) is 21.1 Å². The van der Waals surface area contributed by atoms with Crippen LogP contribution in [0.4, 0.5) is 5.69 Å². The second kappa shape index (κ2) is 6.69. The van der Waals surface area contributed by atoms with Crippen LogP contribution < -0.4 is 14.8 Å². The summed E-state index contributed by atoms with van der Waals surface area (Å²) >= 11 is 6.25. The zero-order valence-electron chi connectivity index (χ0n) is 14.8. The SMILES string of the molecule is COc1cc2c(cc1OC)[C@@H](c1cccc(Cl)c1)C1=C(CCCC1=O)N2. The molecule has 0 unspecified atom stereocenters. The van der Waals surface area contributed by atoms with Crippen LogP contribution in [-0.2, 0) is 4.79 Å². The van der Waals surface area contributed by atoms with E-state index in [1.807, 2.05) is 36.4 Å². The highest BCUT2D eigenvalue weighted by Crippen LogP contribution is 2.48. The van der Waals surface area contributed by atoms with Crippen molar-refractivity contribution in [2.45, 2.75) is 25.2 Å². The van der Waals surface area contributed by atoms with Crippen LogP contribution in [0.3, 0.4) is 0 Å². The predicted molar refractivity (Wildman–Crippen MR) is 102 cm³/mol. The number of methoxy groups -OCH3 is 2. The Balaban J connectivity index is 1.96. The van der Waals surface area contributed by atoms with Gasteiger partial charge in [0.25, 0.3) is 0 Å². The standard InChI is InChI=1S/C21H20ClNO3/c1-25-18-10-14-16(11-19(18)26-2)23-15-7-4-8-17(24)21(15)20(14)12-5-3-6-13(22)9-12/h3,5-6,9-11,20,23H,4,7-8H2,1-2H3/t20-/m1/s1. The highest BCUT2D eigenvalue weighted by Gasteiger charge is 2.36. The number of ether oxygens (including phenoxy) is 2. The number of Topliss-reactive ketones (excluding diaryl/α,β-unsaturated/α-hetero) is 1. The van der Waals surface area contributed by atoms with Gasteiger partial charge in [0.2, 0.25) is 0 Å². The van der Waals surface area contributed by atoms with Crippen LogP contribution in [0.15, 0.2) is 47.7 Å². The summed E-state index contributed by atoms with van der Waals surface area (Å²) in [5.41, 5.74) is 4.80. The van der Waals surface area contributed by atoms with Crippen molar-refractivity contribution in [1.29, 1.82) is 0 Å². The van der Waals surface area contributed by atoms with Gasteiger partial charge in [-0.05, 0) is 42.2 Å². The predicted octanol–water partition coefficient (Wildman–Crippen LogP) is 4.92. The molecule has 0 saturated carbocycles. The summed E-state index contributed by atoms with van der Waals surface area (Å²) < 4.78 is 10.9. The van der Waals surface area contributed by atoms with E-state index in [1.165, 1.54) is 0 Å². The van der Waals surface area contributed by atoms with Gasteiger partial charge in [-0.25, -0.2) is 0 Å². The monoisotopic (exact) mass is 369 g/mol. The summed E-state index contributed by atoms with van der Waals surface area (Å²) in [7, 11) is 3.24. The Labute approximate surface area is 157 Å². The lowest BCUT2D eigenvalue weighted by molar-refractivity contribution is -0.116. The zero-order chi connectivity index (χ0) is 18.3. The molecule has 0 fully saturated rings. The quantitative estimate of drug-likeness (QED) is 0.834. The van der Waals surface area contributed by atoms with Crippen LogP contribution in [0, 0.1) is 0 Å². The summed E-state index contributed by atoms with van der Waals surface area (Å²) in [4.78, 5) is 12.8. The van der Waals surface area contributed by atoms with Gasteiger partial charge in [-0.1, -0.05) is 23.7 Å². The van der Waals surface area contributed by atoms with Gasteiger partial charge in [-0.3, -0.25) is 4.79 Å². The number of anilines is 1. The van der Waals surface area contributed by atoms with E-state index in [2.05, 4.69) is 5.32 Å². The number of fused-ring (bicyclic) bond motifs is 1. The van der Waals surface area contributed by atoms with Crippen molar-refractivity contribution in [2.75, 3.05) is 19.5 Å². The molecule has 1 aliphatic carbocycles. The van der Waals surface area contributed by atoms with Crippen molar-refractivity contribution < 1.29 is 14.3 Å². The van der Waals surface area contributed by atoms with Crippen molar-refractivity contribution in [3.05, 3.63) is 63.8 Å². The highest BCUT2D eigenvalue weighted by molar-refractivity contribution is 6.30. The Hall–Kier alpha value is -2.46. The van der Waals surface area contributed by atoms with Crippen molar-refractivity contribution in [1.82, 2.24) is 0 Å². The molecule has 1 heterocycles. The highest BCUT2D eigenvalue weighted by atomic mass is 35.5. The number of carbonyl (C=O) groups excluding carboxylic acids is 1. The molecule has 2 aliphatic rings. The lowest BCUT2D eigenvalue weighted by Gasteiger charge is -2.34. The number of nitrogens with one attached hydrogen (secondary N) is 1. The number of allylic oxidation sites excluding steroid dienone is 2. The van der Waals surface area contributed by atoms with Gasteiger partial charge in [0.05, 0.1) is 14.2 Å². The van der Waals surface area contributed by atoms with E-state index in [1.54, 1.807) is 14.2 Å². The van der Waals surface area contributed by atoms with Crippen molar-refractivity contribution >= 4 is 23.1 Å². The first-order valence-electron chi connectivity index (χ1n) is 8.67. The summed E-state index contributed by atoms with van der Waals surface area (Å²) in [6, 6.07) is 11.6. The maximum atomic E-state index is 12.8. The van der Waals surface area contributed by atoms with Crippen molar-refractivity contribution in [3.63, 3.8) is 0 Å². The molecule has 5 heteroatoms. The summed E-state index contributed by atoms with van der Waals surface area (Å²) in [6.07, 6.45) is 2.32. The number of hydrogen-bond acceptors (Lipinski definition) is 4. The molecular weight excluding hydrogens is 350 g/mol. The van der Waals surface area contributed by atoms with E-state index in [0.717, 1.165) is 40.9 Å². The molecule has 0 amide bonds. The Kier molecular flexibility index (Phi) is 4.37. The smallest absolute Gasteiger partial charge is 0.162 e. The molecule has 1 atom stereocenters. The van der Waals surface area contributed by atoms with Crippen LogP contribution in [0.25, 0.3) is 0 Å². The van der Waals surface area contributed by atoms with Gasteiger partial charge in [0.15, 0.2) is 17.3 Å². The van der Waals surface area contributed by atoms with Crippen LogP contribution >= 0.6 is 11.6 Å². The fourth-order valence-corrected chi connectivity index (χ4v) is 4.12. The van der Waals surface area contributed by atoms with E-state index < -0.39 is 0 Å². The van der Waals surface area contributed by atoms with Crippen molar-refractivity contribution in [2.24, 2.45) is 0 Å². The molecule has 26 heavy (non-hydrogen) atoms. The molecule has 2 aromatic rings. The molecule has 4 rings (SSSR count). The van der Waals surface area contributed by atoms with E-state index in [0.29, 0.717) is 22.9 Å². The zero-order valence-corrected chi connectivity index (χ0v) is 15.5. The van der Waals surface area contributed by atoms with Crippen LogP contribution in [0.1, 0.15) is 36.3 Å². The van der Waals surface area contributed by atoms with Gasteiger partial charge in [-0.15, -0.1) is 0 Å². The molecule has 1 N–H and O–H groups in total. The Bertz CT molecular complexity index is 919. The van der Waals surface area contributed by atoms with Crippen LogP contribution in [0.2, 0.25) is 5.02 Å². The third-order valence-corrected chi connectivity index (χ3v) is 5.31. The minimum atomic E-state index is -0.160. The molecule has 0 spiro atoms. The van der Waals surface area contributed by atoms with Crippen LogP contribution in [-0.4, -0.2) is 20.0 Å². The maximum absolute atomic E-state index is 12.8. The number of carbonyl (C=O) groups is 1. The molecule has 4 nitrogen and oxygen atoms in total. The third kappa shape index (κ3) is 2.74. The summed E-state index contributed by atoms with van der Waals surface area (Å²) in [6.45, 7) is 0. The lowest BCUT2D eigenvalue weighted by atomic mass is 9.75. The van der Waals surface area contributed by atoms with Gasteiger partial charge < -0.3 is 14.8 Å². The van der Waals surface area contributed by atoms with Gasteiger partial charge in [0.1, 0.15) is 0 Å². The number of ketones is 1. The summed E-state index contributed by atoms with van der Waals surface area (Å²) in [5.74, 6) is 1.35. The number of halogens is 1. The number of benzene rings is 2. The lowest BCUT2D eigenvalue weighted by Crippen LogP contribution is -2.27. The molecule has 0 bridgehead atoms. The second-order valence-electron chi connectivity index (χ2n) is 6.58. The molecule has 0 radical (unpaired) electrons. The molecule has 0 saturated heterocycles. The van der Waals surface area contributed by atoms with Gasteiger partial charge >= 0.3 is 0 Å². The van der Waals surface area contributed by atoms with Gasteiger partial charge in [-0.2, -0.15) is 0 Å². The minimum absolute atomic E-state index is 0.160. The summed E-state index contributed by atoms with van der Waals surface area (Å²) in [5, 5.41) is 4.12. The molecule has 0 aromatic heterocycles. The normalized spacial score (nSPS) is 18.7. The molecule has 1 aliphatic heterocycles. The first kappa shape index (κ1) is 17.0. The molecule has 2 aromatic carbocycles. The Morgan fingerprint density at radius 2 is 1.85 bits per heavy atom. The van der Waals surface area contributed by atoms with E-state index in [-0.39, 0.29) is 11.7 Å². The first-order valence-corrected chi connectivity index (χ1v) is 9.05. The van der Waals surface area contributed by atoms with E-state index >= 15 is 0 Å². The van der Waals surface area contributed by atoms with Gasteiger partial charge in [0, 0.05) is 40.4 Å². The average molecular weight is 370 g/mol. The largest absolute Gasteiger partial charge is 0.493 e. The van der Waals surface area contributed by atoms with Crippen LogP contribution in [0.5, 0.6) is 11.5 Å². The molecular formula is C21H20ClNO3. The van der Waals surface area contributed by atoms with E-state index in [9.17, 15) is 4.79 Å².